The highest BCUT2D eigenvalue weighted by molar-refractivity contribution is 6.08. The van der Waals surface area contributed by atoms with E-state index in [-0.39, 0.29) is 12.4 Å². The molecule has 0 aromatic heterocycles. The van der Waals surface area contributed by atoms with Crippen molar-refractivity contribution in [1.29, 1.82) is 0 Å². The number of hydrogen-bond acceptors (Lipinski definition) is 6. The SMILES string of the molecule is COC(=O)c1ccc([C@@H]2C3=C(CCCC3=O)N=C(C)C2C(=O)OCc2ccccc2)cc1. The molecule has 0 N–H and O–H groups in total. The zero-order valence-corrected chi connectivity index (χ0v) is 18.2. The van der Waals surface area contributed by atoms with Crippen LogP contribution in [0.3, 0.4) is 0 Å². The van der Waals surface area contributed by atoms with Crippen LogP contribution in [0.5, 0.6) is 0 Å². The third kappa shape index (κ3) is 4.26. The molecule has 1 heterocycles. The van der Waals surface area contributed by atoms with Gasteiger partial charge >= 0.3 is 11.9 Å². The van der Waals surface area contributed by atoms with Gasteiger partial charge in [0.2, 0.25) is 0 Å². The summed E-state index contributed by atoms with van der Waals surface area (Å²) < 4.78 is 10.4. The fourth-order valence-electron chi connectivity index (χ4n) is 4.43. The molecule has 1 aliphatic carbocycles. The summed E-state index contributed by atoms with van der Waals surface area (Å²) >= 11 is 0. The van der Waals surface area contributed by atoms with Gasteiger partial charge in [0.15, 0.2) is 5.78 Å². The van der Waals surface area contributed by atoms with Crippen LogP contribution in [0.1, 0.15) is 53.6 Å². The second-order valence-corrected chi connectivity index (χ2v) is 8.05. The van der Waals surface area contributed by atoms with E-state index < -0.39 is 23.8 Å². The molecule has 2 atom stereocenters. The van der Waals surface area contributed by atoms with Crippen molar-refractivity contribution in [2.24, 2.45) is 10.9 Å². The van der Waals surface area contributed by atoms with Gasteiger partial charge < -0.3 is 9.47 Å². The molecule has 2 aromatic rings. The Balaban J connectivity index is 1.69. The second-order valence-electron chi connectivity index (χ2n) is 8.05. The standard InChI is InChI=1S/C26H25NO5/c1-16-22(26(30)32-15-17-7-4-3-5-8-17)23(24-20(27-16)9-6-10-21(24)28)18-11-13-19(14-12-18)25(29)31-2/h3-5,7-8,11-14,22-23H,6,9-10,15H2,1-2H3/t22?,23-/m0/s1. The number of Topliss-reactive ketones (excluding diaryl/α,β-unsaturated/α-hetero) is 1. The van der Waals surface area contributed by atoms with Gasteiger partial charge in [-0.05, 0) is 43.0 Å². The van der Waals surface area contributed by atoms with E-state index in [0.29, 0.717) is 29.7 Å². The van der Waals surface area contributed by atoms with Crippen molar-refractivity contribution in [3.63, 3.8) is 0 Å². The van der Waals surface area contributed by atoms with Crippen LogP contribution in [-0.2, 0) is 25.7 Å². The first kappa shape index (κ1) is 21.7. The van der Waals surface area contributed by atoms with Gasteiger partial charge in [-0.2, -0.15) is 0 Å². The maximum absolute atomic E-state index is 13.3. The first-order chi connectivity index (χ1) is 15.5. The summed E-state index contributed by atoms with van der Waals surface area (Å²) in [6.45, 7) is 1.96. The van der Waals surface area contributed by atoms with Crippen molar-refractivity contribution >= 4 is 23.4 Å². The lowest BCUT2D eigenvalue weighted by Gasteiger charge is -2.34. The molecule has 1 aliphatic heterocycles. The summed E-state index contributed by atoms with van der Waals surface area (Å²) in [5.41, 5.74) is 4.06. The molecule has 0 bridgehead atoms. The minimum Gasteiger partial charge on any atom is -0.465 e. The molecule has 32 heavy (non-hydrogen) atoms. The molecule has 0 spiro atoms. The van der Waals surface area contributed by atoms with E-state index in [1.54, 1.807) is 24.3 Å². The quantitative estimate of drug-likeness (QED) is 0.656. The Morgan fingerprint density at radius 1 is 1.03 bits per heavy atom. The van der Waals surface area contributed by atoms with Gasteiger partial charge in [0, 0.05) is 29.3 Å². The van der Waals surface area contributed by atoms with E-state index in [4.69, 9.17) is 9.47 Å². The Morgan fingerprint density at radius 3 is 2.44 bits per heavy atom. The van der Waals surface area contributed by atoms with Crippen LogP contribution >= 0.6 is 0 Å². The summed E-state index contributed by atoms with van der Waals surface area (Å²) in [6.07, 6.45) is 1.91. The number of carbonyl (C=O) groups excluding carboxylic acids is 3. The Labute approximate surface area is 187 Å². The van der Waals surface area contributed by atoms with Crippen molar-refractivity contribution < 1.29 is 23.9 Å². The monoisotopic (exact) mass is 431 g/mol. The lowest BCUT2D eigenvalue weighted by molar-refractivity contribution is -0.148. The first-order valence-electron chi connectivity index (χ1n) is 10.7. The molecule has 6 heteroatoms. The van der Waals surface area contributed by atoms with E-state index in [2.05, 4.69) is 4.99 Å². The molecule has 4 rings (SSSR count). The minimum atomic E-state index is -0.705. The highest BCUT2D eigenvalue weighted by Gasteiger charge is 2.43. The summed E-state index contributed by atoms with van der Waals surface area (Å²) in [5, 5.41) is 0. The lowest BCUT2D eigenvalue weighted by atomic mass is 9.71. The molecule has 0 amide bonds. The number of ether oxygens (including phenoxy) is 2. The Morgan fingerprint density at radius 2 is 1.75 bits per heavy atom. The Hall–Kier alpha value is -3.54. The maximum Gasteiger partial charge on any atom is 0.337 e. The van der Waals surface area contributed by atoms with Gasteiger partial charge in [-0.1, -0.05) is 42.5 Å². The van der Waals surface area contributed by atoms with E-state index in [1.807, 2.05) is 37.3 Å². The van der Waals surface area contributed by atoms with E-state index >= 15 is 0 Å². The largest absolute Gasteiger partial charge is 0.465 e. The van der Waals surface area contributed by atoms with Crippen LogP contribution in [-0.4, -0.2) is 30.5 Å². The smallest absolute Gasteiger partial charge is 0.337 e. The van der Waals surface area contributed by atoms with Gasteiger partial charge in [0.05, 0.1) is 12.7 Å². The zero-order valence-electron chi connectivity index (χ0n) is 18.2. The molecule has 0 saturated heterocycles. The number of nitrogens with zero attached hydrogens (tertiary/aromatic N) is 1. The van der Waals surface area contributed by atoms with Crippen molar-refractivity contribution in [2.45, 2.75) is 38.7 Å². The highest BCUT2D eigenvalue weighted by Crippen LogP contribution is 2.43. The van der Waals surface area contributed by atoms with Crippen LogP contribution < -0.4 is 0 Å². The van der Waals surface area contributed by atoms with Gasteiger partial charge in [-0.3, -0.25) is 14.6 Å². The minimum absolute atomic E-state index is 0.0189. The Kier molecular flexibility index (Phi) is 6.30. The normalized spacial score (nSPS) is 20.3. The van der Waals surface area contributed by atoms with Gasteiger partial charge in [-0.25, -0.2) is 4.79 Å². The maximum atomic E-state index is 13.3. The van der Waals surface area contributed by atoms with Crippen LogP contribution in [0, 0.1) is 5.92 Å². The molecule has 0 saturated carbocycles. The second kappa shape index (κ2) is 9.30. The molecule has 0 fully saturated rings. The number of carbonyl (C=O) groups is 3. The molecule has 1 unspecified atom stereocenters. The van der Waals surface area contributed by atoms with Crippen molar-refractivity contribution in [3.05, 3.63) is 82.6 Å². The summed E-state index contributed by atoms with van der Waals surface area (Å²) in [4.78, 5) is 42.7. The number of aliphatic imine (C=N–C) groups is 1. The van der Waals surface area contributed by atoms with Gasteiger partial charge in [0.25, 0.3) is 0 Å². The molecular weight excluding hydrogens is 406 g/mol. The number of benzene rings is 2. The molecule has 2 aliphatic rings. The summed E-state index contributed by atoms with van der Waals surface area (Å²) in [5.74, 6) is -2.04. The van der Waals surface area contributed by atoms with Crippen LogP contribution in [0.4, 0.5) is 0 Å². The summed E-state index contributed by atoms with van der Waals surface area (Å²) in [6, 6.07) is 16.3. The third-order valence-corrected chi connectivity index (χ3v) is 6.00. The van der Waals surface area contributed by atoms with E-state index in [0.717, 1.165) is 23.2 Å². The number of methoxy groups -OCH3 is 1. The predicted molar refractivity (Wildman–Crippen MR) is 119 cm³/mol. The Bertz CT molecular complexity index is 1100. The van der Waals surface area contributed by atoms with Crippen LogP contribution in [0.25, 0.3) is 0 Å². The number of hydrogen-bond donors (Lipinski definition) is 0. The van der Waals surface area contributed by atoms with Gasteiger partial charge in [-0.15, -0.1) is 0 Å². The number of esters is 2. The van der Waals surface area contributed by atoms with E-state index in [9.17, 15) is 14.4 Å². The zero-order chi connectivity index (χ0) is 22.7. The average Bonchev–Trinajstić information content (AvgIpc) is 2.82. The molecule has 164 valence electrons. The molecule has 6 nitrogen and oxygen atoms in total. The van der Waals surface area contributed by atoms with E-state index in [1.165, 1.54) is 7.11 Å². The average molecular weight is 431 g/mol. The fraction of sp³-hybridized carbons (Fsp3) is 0.308. The lowest BCUT2D eigenvalue weighted by Crippen LogP contribution is -2.37. The highest BCUT2D eigenvalue weighted by atomic mass is 16.5. The van der Waals surface area contributed by atoms with Crippen LogP contribution in [0.2, 0.25) is 0 Å². The number of allylic oxidation sites excluding steroid dienone is 2. The van der Waals surface area contributed by atoms with Crippen molar-refractivity contribution in [1.82, 2.24) is 0 Å². The van der Waals surface area contributed by atoms with Gasteiger partial charge in [0.1, 0.15) is 12.5 Å². The third-order valence-electron chi connectivity index (χ3n) is 6.00. The fourth-order valence-corrected chi connectivity index (χ4v) is 4.43. The summed E-state index contributed by atoms with van der Waals surface area (Å²) in [7, 11) is 1.33. The number of rotatable bonds is 5. The molecular formula is C26H25NO5. The topological polar surface area (TPSA) is 82.0 Å². The van der Waals surface area contributed by atoms with Crippen molar-refractivity contribution in [2.75, 3.05) is 7.11 Å². The first-order valence-corrected chi connectivity index (χ1v) is 10.7. The molecule has 2 aromatic carbocycles. The van der Waals surface area contributed by atoms with Crippen molar-refractivity contribution in [3.8, 4) is 0 Å². The predicted octanol–water partition coefficient (Wildman–Crippen LogP) is 4.40. The molecule has 0 radical (unpaired) electrons. The number of ketones is 1. The van der Waals surface area contributed by atoms with Crippen LogP contribution in [0.15, 0.2) is 70.9 Å².